The van der Waals surface area contributed by atoms with Gasteiger partial charge in [0.05, 0.1) is 17.2 Å². The van der Waals surface area contributed by atoms with Gasteiger partial charge in [-0.3, -0.25) is 0 Å². The zero-order valence-corrected chi connectivity index (χ0v) is 13.5. The summed E-state index contributed by atoms with van der Waals surface area (Å²) in [7, 11) is 0. The van der Waals surface area contributed by atoms with E-state index in [1.54, 1.807) is 6.07 Å². The van der Waals surface area contributed by atoms with Crippen LogP contribution in [0.5, 0.6) is 0 Å². The van der Waals surface area contributed by atoms with Crippen molar-refractivity contribution in [1.29, 1.82) is 5.26 Å². The lowest BCUT2D eigenvalue weighted by atomic mass is 10.0. The number of hydrogen-bond acceptors (Lipinski definition) is 4. The predicted molar refractivity (Wildman–Crippen MR) is 88.2 cm³/mol. The zero-order chi connectivity index (χ0) is 15.4. The molecule has 1 aromatic carbocycles. The van der Waals surface area contributed by atoms with E-state index in [2.05, 4.69) is 16.3 Å². The van der Waals surface area contributed by atoms with Gasteiger partial charge in [-0.15, -0.1) is 0 Å². The Morgan fingerprint density at radius 1 is 1.32 bits per heavy atom. The molecule has 3 rings (SSSR count). The van der Waals surface area contributed by atoms with Crippen molar-refractivity contribution in [2.75, 3.05) is 38.2 Å². The second-order valence-electron chi connectivity index (χ2n) is 6.26. The monoisotopic (exact) mass is 319 g/mol. The number of nitrogens with one attached hydrogen (secondary N) is 1. The smallest absolute Gasteiger partial charge is 0.101 e. The molecule has 2 saturated heterocycles. The number of rotatable bonds is 4. The van der Waals surface area contributed by atoms with Gasteiger partial charge in [0.15, 0.2) is 0 Å². The Kier molecular flexibility index (Phi) is 5.20. The average molecular weight is 320 g/mol. The van der Waals surface area contributed by atoms with Crippen LogP contribution in [0, 0.1) is 17.2 Å². The number of hydrogen-bond donors (Lipinski definition) is 1. The molecule has 1 aromatic rings. The molecule has 1 atom stereocenters. The van der Waals surface area contributed by atoms with E-state index >= 15 is 0 Å². The molecular weight excluding hydrogens is 298 g/mol. The standard InChI is InChI=1S/C17H22ClN3O/c18-17-9-16(2-1-14(17)10-19)20-15-3-6-21(7-4-15)11-13-5-8-22-12-13/h1-2,9,13,15,20H,3-8,11-12H2. The van der Waals surface area contributed by atoms with Crippen LogP contribution >= 0.6 is 11.6 Å². The Hall–Kier alpha value is -1.28. The molecule has 0 amide bonds. The lowest BCUT2D eigenvalue weighted by Crippen LogP contribution is -2.41. The van der Waals surface area contributed by atoms with Gasteiger partial charge in [-0.2, -0.15) is 5.26 Å². The highest BCUT2D eigenvalue weighted by Gasteiger charge is 2.23. The van der Waals surface area contributed by atoms with Crippen LogP contribution in [0.25, 0.3) is 0 Å². The molecular formula is C17H22ClN3O. The molecule has 2 aliphatic heterocycles. The summed E-state index contributed by atoms with van der Waals surface area (Å²) in [6.45, 7) is 5.32. The van der Waals surface area contributed by atoms with E-state index in [4.69, 9.17) is 21.6 Å². The second-order valence-corrected chi connectivity index (χ2v) is 6.66. The summed E-state index contributed by atoms with van der Waals surface area (Å²) >= 11 is 6.08. The summed E-state index contributed by atoms with van der Waals surface area (Å²) in [5, 5.41) is 13.0. The molecule has 0 bridgehead atoms. The van der Waals surface area contributed by atoms with Crippen LogP contribution in [-0.4, -0.2) is 43.8 Å². The van der Waals surface area contributed by atoms with E-state index in [1.807, 2.05) is 12.1 Å². The Morgan fingerprint density at radius 2 is 2.14 bits per heavy atom. The first kappa shape index (κ1) is 15.6. The second kappa shape index (κ2) is 7.32. The molecule has 0 aromatic heterocycles. The Labute approximate surface area is 137 Å². The number of halogens is 1. The third-order valence-electron chi connectivity index (χ3n) is 4.59. The number of likely N-dealkylation sites (tertiary alicyclic amines) is 1. The summed E-state index contributed by atoms with van der Waals surface area (Å²) < 4.78 is 5.45. The minimum Gasteiger partial charge on any atom is -0.382 e. The maximum atomic E-state index is 8.91. The van der Waals surface area contributed by atoms with Crippen molar-refractivity contribution < 1.29 is 4.74 Å². The molecule has 2 fully saturated rings. The molecule has 22 heavy (non-hydrogen) atoms. The molecule has 1 unspecified atom stereocenters. The quantitative estimate of drug-likeness (QED) is 0.926. The van der Waals surface area contributed by atoms with Gasteiger partial charge in [-0.1, -0.05) is 11.6 Å². The first-order valence-electron chi connectivity index (χ1n) is 8.01. The van der Waals surface area contributed by atoms with Gasteiger partial charge < -0.3 is 15.0 Å². The minimum absolute atomic E-state index is 0.486. The average Bonchev–Trinajstić information content (AvgIpc) is 3.02. The summed E-state index contributed by atoms with van der Waals surface area (Å²) in [6.07, 6.45) is 3.50. The van der Waals surface area contributed by atoms with Gasteiger partial charge in [0.1, 0.15) is 6.07 Å². The van der Waals surface area contributed by atoms with Crippen molar-refractivity contribution in [1.82, 2.24) is 4.90 Å². The Morgan fingerprint density at radius 3 is 2.77 bits per heavy atom. The summed E-state index contributed by atoms with van der Waals surface area (Å²) in [4.78, 5) is 2.56. The molecule has 2 aliphatic rings. The lowest BCUT2D eigenvalue weighted by Gasteiger charge is -2.34. The Balaban J connectivity index is 1.47. The zero-order valence-electron chi connectivity index (χ0n) is 12.7. The van der Waals surface area contributed by atoms with Crippen LogP contribution in [0.2, 0.25) is 5.02 Å². The molecule has 0 saturated carbocycles. The molecule has 5 heteroatoms. The number of piperidine rings is 1. The molecule has 2 heterocycles. The van der Waals surface area contributed by atoms with Gasteiger partial charge in [0.2, 0.25) is 0 Å². The topological polar surface area (TPSA) is 48.3 Å². The largest absolute Gasteiger partial charge is 0.382 e. The fourth-order valence-corrected chi connectivity index (χ4v) is 3.51. The van der Waals surface area contributed by atoms with E-state index in [-0.39, 0.29) is 0 Å². The van der Waals surface area contributed by atoms with Crippen LogP contribution < -0.4 is 5.32 Å². The maximum Gasteiger partial charge on any atom is 0.101 e. The van der Waals surface area contributed by atoms with Gasteiger partial charge in [-0.05, 0) is 43.4 Å². The first-order valence-corrected chi connectivity index (χ1v) is 8.38. The summed E-state index contributed by atoms with van der Waals surface area (Å²) in [5.74, 6) is 0.724. The SMILES string of the molecule is N#Cc1ccc(NC2CCN(CC3CCOC3)CC2)cc1Cl. The van der Waals surface area contributed by atoms with Crippen molar-refractivity contribution >= 4 is 17.3 Å². The van der Waals surface area contributed by atoms with Crippen LogP contribution in [0.4, 0.5) is 5.69 Å². The van der Waals surface area contributed by atoms with Crippen molar-refractivity contribution in [2.24, 2.45) is 5.92 Å². The fourth-order valence-electron chi connectivity index (χ4n) is 3.28. The lowest BCUT2D eigenvalue weighted by molar-refractivity contribution is 0.154. The molecule has 4 nitrogen and oxygen atoms in total. The number of anilines is 1. The van der Waals surface area contributed by atoms with E-state index in [1.165, 1.54) is 13.0 Å². The maximum absolute atomic E-state index is 8.91. The third kappa shape index (κ3) is 3.92. The van der Waals surface area contributed by atoms with Gasteiger partial charge >= 0.3 is 0 Å². The molecule has 0 spiro atoms. The van der Waals surface area contributed by atoms with E-state index in [0.29, 0.717) is 16.6 Å². The van der Waals surface area contributed by atoms with Crippen LogP contribution in [0.3, 0.4) is 0 Å². The summed E-state index contributed by atoms with van der Waals surface area (Å²) in [5.41, 5.74) is 1.53. The first-order chi connectivity index (χ1) is 10.7. The normalized spacial score (nSPS) is 23.4. The van der Waals surface area contributed by atoms with Crippen LogP contribution in [0.1, 0.15) is 24.8 Å². The molecule has 0 radical (unpaired) electrons. The number of ether oxygens (including phenoxy) is 1. The van der Waals surface area contributed by atoms with E-state index in [0.717, 1.165) is 50.8 Å². The van der Waals surface area contributed by atoms with Gasteiger partial charge in [-0.25, -0.2) is 0 Å². The van der Waals surface area contributed by atoms with Crippen LogP contribution in [0.15, 0.2) is 18.2 Å². The number of nitrogens with zero attached hydrogens (tertiary/aromatic N) is 2. The highest BCUT2D eigenvalue weighted by atomic mass is 35.5. The van der Waals surface area contributed by atoms with E-state index < -0.39 is 0 Å². The molecule has 1 N–H and O–H groups in total. The molecule has 0 aliphatic carbocycles. The summed E-state index contributed by atoms with van der Waals surface area (Å²) in [6, 6.07) is 8.14. The fraction of sp³-hybridized carbons (Fsp3) is 0.588. The van der Waals surface area contributed by atoms with Crippen LogP contribution in [-0.2, 0) is 4.74 Å². The Bertz CT molecular complexity index is 543. The van der Waals surface area contributed by atoms with E-state index in [9.17, 15) is 0 Å². The van der Waals surface area contributed by atoms with Crippen molar-refractivity contribution in [3.05, 3.63) is 28.8 Å². The minimum atomic E-state index is 0.486. The molecule has 118 valence electrons. The predicted octanol–water partition coefficient (Wildman–Crippen LogP) is 3.12. The third-order valence-corrected chi connectivity index (χ3v) is 4.90. The highest BCUT2D eigenvalue weighted by molar-refractivity contribution is 6.32. The van der Waals surface area contributed by atoms with Gasteiger partial charge in [0, 0.05) is 38.0 Å². The van der Waals surface area contributed by atoms with Crippen molar-refractivity contribution in [3.8, 4) is 6.07 Å². The van der Waals surface area contributed by atoms with Crippen molar-refractivity contribution in [3.63, 3.8) is 0 Å². The number of benzene rings is 1. The van der Waals surface area contributed by atoms with Gasteiger partial charge in [0.25, 0.3) is 0 Å². The number of nitriles is 1. The van der Waals surface area contributed by atoms with Crippen molar-refractivity contribution in [2.45, 2.75) is 25.3 Å². The highest BCUT2D eigenvalue weighted by Crippen LogP contribution is 2.23.